The standard InChI is InChI=1S/C13H15N5/c1-17-6-7-18(12-5-3-2-4-11(12)17)13-15-8-10(14)9-16-13/h2-5,8-9H,6-7,14H2,1H3. The summed E-state index contributed by atoms with van der Waals surface area (Å²) in [5.74, 6) is 0.699. The molecule has 0 bridgehead atoms. The molecule has 2 N–H and O–H groups in total. The van der Waals surface area contributed by atoms with Gasteiger partial charge >= 0.3 is 0 Å². The normalized spacial score (nSPS) is 14.5. The number of anilines is 4. The van der Waals surface area contributed by atoms with Crippen molar-refractivity contribution in [2.24, 2.45) is 0 Å². The SMILES string of the molecule is CN1CCN(c2ncc(N)cn2)c2ccccc21. The number of rotatable bonds is 1. The van der Waals surface area contributed by atoms with E-state index >= 15 is 0 Å². The van der Waals surface area contributed by atoms with E-state index in [-0.39, 0.29) is 0 Å². The Hall–Kier alpha value is -2.30. The van der Waals surface area contributed by atoms with Gasteiger partial charge in [-0.3, -0.25) is 0 Å². The second-order valence-corrected chi connectivity index (χ2v) is 4.38. The average Bonchev–Trinajstić information content (AvgIpc) is 2.41. The predicted octanol–water partition coefficient (Wildman–Crippen LogP) is 1.65. The zero-order valence-electron chi connectivity index (χ0n) is 10.2. The molecule has 0 saturated heterocycles. The van der Waals surface area contributed by atoms with Crippen molar-refractivity contribution in [2.45, 2.75) is 0 Å². The molecule has 1 aromatic carbocycles. The van der Waals surface area contributed by atoms with Gasteiger partial charge in [-0.15, -0.1) is 0 Å². The molecule has 0 aliphatic carbocycles. The molecule has 5 heteroatoms. The molecule has 0 unspecified atom stereocenters. The Morgan fingerprint density at radius 2 is 1.72 bits per heavy atom. The molecule has 2 aromatic rings. The second-order valence-electron chi connectivity index (χ2n) is 4.38. The minimum Gasteiger partial charge on any atom is -0.396 e. The second kappa shape index (κ2) is 4.18. The van der Waals surface area contributed by atoms with Crippen LogP contribution in [-0.4, -0.2) is 30.1 Å². The van der Waals surface area contributed by atoms with Gasteiger partial charge in [0.25, 0.3) is 0 Å². The van der Waals surface area contributed by atoms with Gasteiger partial charge in [-0.05, 0) is 12.1 Å². The van der Waals surface area contributed by atoms with Gasteiger partial charge < -0.3 is 15.5 Å². The third-order valence-corrected chi connectivity index (χ3v) is 3.14. The van der Waals surface area contributed by atoms with E-state index in [4.69, 9.17) is 5.73 Å². The van der Waals surface area contributed by atoms with Crippen LogP contribution >= 0.6 is 0 Å². The lowest BCUT2D eigenvalue weighted by molar-refractivity contribution is 0.802. The maximum absolute atomic E-state index is 5.62. The van der Waals surface area contributed by atoms with Crippen molar-refractivity contribution >= 4 is 23.0 Å². The highest BCUT2D eigenvalue weighted by atomic mass is 15.3. The highest BCUT2D eigenvalue weighted by molar-refractivity contribution is 5.77. The van der Waals surface area contributed by atoms with Crippen LogP contribution < -0.4 is 15.5 Å². The number of likely N-dealkylation sites (N-methyl/N-ethyl adjacent to an activating group) is 1. The largest absolute Gasteiger partial charge is 0.396 e. The molecule has 0 radical (unpaired) electrons. The summed E-state index contributed by atoms with van der Waals surface area (Å²) < 4.78 is 0. The zero-order chi connectivity index (χ0) is 12.5. The van der Waals surface area contributed by atoms with E-state index in [9.17, 15) is 0 Å². The fourth-order valence-corrected chi connectivity index (χ4v) is 2.18. The van der Waals surface area contributed by atoms with Gasteiger partial charge in [-0.2, -0.15) is 0 Å². The summed E-state index contributed by atoms with van der Waals surface area (Å²) in [7, 11) is 2.10. The van der Waals surface area contributed by atoms with E-state index in [0.29, 0.717) is 11.6 Å². The fraction of sp³-hybridized carbons (Fsp3) is 0.231. The van der Waals surface area contributed by atoms with Crippen LogP contribution in [0.1, 0.15) is 0 Å². The number of nitrogens with zero attached hydrogens (tertiary/aromatic N) is 4. The number of aromatic nitrogens is 2. The highest BCUT2D eigenvalue weighted by Crippen LogP contribution is 2.34. The third-order valence-electron chi connectivity index (χ3n) is 3.14. The van der Waals surface area contributed by atoms with E-state index < -0.39 is 0 Å². The van der Waals surface area contributed by atoms with Crippen LogP contribution in [0.3, 0.4) is 0 Å². The van der Waals surface area contributed by atoms with E-state index in [1.807, 2.05) is 12.1 Å². The molecule has 92 valence electrons. The maximum atomic E-state index is 5.62. The summed E-state index contributed by atoms with van der Waals surface area (Å²) in [6.45, 7) is 1.82. The fourth-order valence-electron chi connectivity index (χ4n) is 2.18. The molecule has 1 aliphatic heterocycles. The summed E-state index contributed by atoms with van der Waals surface area (Å²) in [4.78, 5) is 13.0. The van der Waals surface area contributed by atoms with E-state index in [2.05, 4.69) is 38.9 Å². The molecule has 0 atom stereocenters. The van der Waals surface area contributed by atoms with Crippen LogP contribution in [0, 0.1) is 0 Å². The van der Waals surface area contributed by atoms with Gasteiger partial charge in [0.1, 0.15) is 0 Å². The molecule has 0 amide bonds. The molecular weight excluding hydrogens is 226 g/mol. The van der Waals surface area contributed by atoms with Crippen molar-refractivity contribution in [3.8, 4) is 0 Å². The molecule has 1 aliphatic rings. The van der Waals surface area contributed by atoms with Gasteiger partial charge in [0, 0.05) is 20.1 Å². The van der Waals surface area contributed by atoms with E-state index in [1.54, 1.807) is 12.4 Å². The summed E-state index contributed by atoms with van der Waals surface area (Å²) in [6, 6.07) is 8.27. The number of hydrogen-bond acceptors (Lipinski definition) is 5. The summed E-state index contributed by atoms with van der Waals surface area (Å²) >= 11 is 0. The number of hydrogen-bond donors (Lipinski definition) is 1. The van der Waals surface area contributed by atoms with Gasteiger partial charge in [0.2, 0.25) is 5.95 Å². The first-order valence-corrected chi connectivity index (χ1v) is 5.91. The van der Waals surface area contributed by atoms with Crippen molar-refractivity contribution in [3.63, 3.8) is 0 Å². The molecular formula is C13H15N5. The average molecular weight is 241 g/mol. The third kappa shape index (κ3) is 1.73. The molecule has 5 nitrogen and oxygen atoms in total. The van der Waals surface area contributed by atoms with Crippen molar-refractivity contribution < 1.29 is 0 Å². The first-order valence-electron chi connectivity index (χ1n) is 5.91. The van der Waals surface area contributed by atoms with Crippen LogP contribution in [0.4, 0.5) is 23.0 Å². The van der Waals surface area contributed by atoms with Crippen molar-refractivity contribution in [2.75, 3.05) is 35.7 Å². The first-order chi connectivity index (χ1) is 8.75. The maximum Gasteiger partial charge on any atom is 0.230 e. The molecule has 0 spiro atoms. The Labute approximate surface area is 106 Å². The van der Waals surface area contributed by atoms with Crippen LogP contribution in [0.15, 0.2) is 36.7 Å². The lowest BCUT2D eigenvalue weighted by atomic mass is 10.2. The van der Waals surface area contributed by atoms with Gasteiger partial charge in [0.15, 0.2) is 0 Å². The summed E-state index contributed by atoms with van der Waals surface area (Å²) in [5, 5.41) is 0. The molecule has 0 saturated carbocycles. The lowest BCUT2D eigenvalue weighted by Crippen LogP contribution is -2.37. The van der Waals surface area contributed by atoms with E-state index in [0.717, 1.165) is 18.8 Å². The lowest BCUT2D eigenvalue weighted by Gasteiger charge is -2.35. The van der Waals surface area contributed by atoms with Gasteiger partial charge in [0.05, 0.1) is 29.5 Å². The molecule has 3 rings (SSSR count). The van der Waals surface area contributed by atoms with Crippen LogP contribution in [-0.2, 0) is 0 Å². The summed E-state index contributed by atoms with van der Waals surface area (Å²) in [5.41, 5.74) is 8.54. The Kier molecular flexibility index (Phi) is 2.51. The highest BCUT2D eigenvalue weighted by Gasteiger charge is 2.22. The number of fused-ring (bicyclic) bond motifs is 1. The quantitative estimate of drug-likeness (QED) is 0.822. The molecule has 2 heterocycles. The Morgan fingerprint density at radius 1 is 1.06 bits per heavy atom. The van der Waals surface area contributed by atoms with Crippen molar-refractivity contribution in [3.05, 3.63) is 36.7 Å². The number of benzene rings is 1. The van der Waals surface area contributed by atoms with Crippen LogP contribution in [0.2, 0.25) is 0 Å². The van der Waals surface area contributed by atoms with Crippen LogP contribution in [0.5, 0.6) is 0 Å². The van der Waals surface area contributed by atoms with Gasteiger partial charge in [-0.25, -0.2) is 9.97 Å². The molecule has 1 aromatic heterocycles. The van der Waals surface area contributed by atoms with E-state index in [1.165, 1.54) is 5.69 Å². The minimum absolute atomic E-state index is 0.584. The number of nitrogens with two attached hydrogens (primary N) is 1. The van der Waals surface area contributed by atoms with Crippen molar-refractivity contribution in [1.82, 2.24) is 9.97 Å². The smallest absolute Gasteiger partial charge is 0.230 e. The Bertz CT molecular complexity index is 552. The zero-order valence-corrected chi connectivity index (χ0v) is 10.2. The monoisotopic (exact) mass is 241 g/mol. The molecule has 18 heavy (non-hydrogen) atoms. The van der Waals surface area contributed by atoms with Crippen LogP contribution in [0.25, 0.3) is 0 Å². The van der Waals surface area contributed by atoms with Crippen molar-refractivity contribution in [1.29, 1.82) is 0 Å². The number of para-hydroxylation sites is 2. The molecule has 0 fully saturated rings. The Morgan fingerprint density at radius 3 is 2.44 bits per heavy atom. The van der Waals surface area contributed by atoms with Gasteiger partial charge in [-0.1, -0.05) is 12.1 Å². The topological polar surface area (TPSA) is 58.3 Å². The predicted molar refractivity (Wildman–Crippen MR) is 73.2 cm³/mol. The minimum atomic E-state index is 0.584. The summed E-state index contributed by atoms with van der Waals surface area (Å²) in [6.07, 6.45) is 3.28. The number of nitrogen functional groups attached to an aromatic ring is 1. The Balaban J connectivity index is 2.04. The first kappa shape index (κ1) is 10.8.